The van der Waals surface area contributed by atoms with Gasteiger partial charge in [0.05, 0.1) is 7.11 Å². The van der Waals surface area contributed by atoms with Gasteiger partial charge in [0.2, 0.25) is 0 Å². The maximum Gasteiger partial charge on any atom is 0.156 e. The average Bonchev–Trinajstić information content (AvgIpc) is 2.62. The van der Waals surface area contributed by atoms with Crippen molar-refractivity contribution in [2.75, 3.05) is 32.2 Å². The number of benzene rings is 1. The van der Waals surface area contributed by atoms with Gasteiger partial charge in [-0.05, 0) is 49.8 Å². The number of aryl methyl sites for hydroxylation is 1. The largest absolute Gasteiger partial charge is 0.497 e. The van der Waals surface area contributed by atoms with Crippen LogP contribution in [-0.4, -0.2) is 37.3 Å². The molecule has 1 aliphatic rings. The summed E-state index contributed by atoms with van der Waals surface area (Å²) in [5.74, 6) is 3.44. The SMILES string of the molecule is COCc1nc(C)cc(N2CCC(Cc3cccc(OC)c3)CC2)n1. The van der Waals surface area contributed by atoms with E-state index in [9.17, 15) is 0 Å². The molecule has 0 atom stereocenters. The Balaban J connectivity index is 1.60. The minimum atomic E-state index is 0.459. The van der Waals surface area contributed by atoms with E-state index in [1.54, 1.807) is 14.2 Å². The Morgan fingerprint density at radius 2 is 1.92 bits per heavy atom. The van der Waals surface area contributed by atoms with E-state index in [0.717, 1.165) is 42.6 Å². The number of anilines is 1. The molecule has 134 valence electrons. The topological polar surface area (TPSA) is 47.5 Å². The summed E-state index contributed by atoms with van der Waals surface area (Å²) in [4.78, 5) is 11.5. The highest BCUT2D eigenvalue weighted by atomic mass is 16.5. The fourth-order valence-electron chi connectivity index (χ4n) is 3.47. The summed E-state index contributed by atoms with van der Waals surface area (Å²) in [5.41, 5.74) is 2.36. The van der Waals surface area contributed by atoms with Gasteiger partial charge >= 0.3 is 0 Å². The summed E-state index contributed by atoms with van der Waals surface area (Å²) in [7, 11) is 3.40. The van der Waals surface area contributed by atoms with Crippen molar-refractivity contribution in [3.63, 3.8) is 0 Å². The lowest BCUT2D eigenvalue weighted by molar-refractivity contribution is 0.177. The van der Waals surface area contributed by atoms with Crippen LogP contribution in [0.5, 0.6) is 5.75 Å². The number of ether oxygens (including phenoxy) is 2. The predicted octanol–water partition coefficient (Wildman–Crippen LogP) is 3.40. The third-order valence-electron chi connectivity index (χ3n) is 4.76. The van der Waals surface area contributed by atoms with Gasteiger partial charge in [0, 0.05) is 32.0 Å². The molecule has 0 amide bonds. The molecule has 1 aliphatic heterocycles. The first-order valence-electron chi connectivity index (χ1n) is 8.89. The van der Waals surface area contributed by atoms with Crippen LogP contribution in [0.2, 0.25) is 0 Å². The van der Waals surface area contributed by atoms with Crippen molar-refractivity contribution in [3.8, 4) is 5.75 Å². The maximum atomic E-state index is 5.33. The van der Waals surface area contributed by atoms with Crippen LogP contribution in [0.25, 0.3) is 0 Å². The average molecular weight is 341 g/mol. The lowest BCUT2D eigenvalue weighted by atomic mass is 9.90. The van der Waals surface area contributed by atoms with Gasteiger partial charge in [-0.15, -0.1) is 0 Å². The summed E-state index contributed by atoms with van der Waals surface area (Å²) in [6, 6.07) is 10.5. The number of methoxy groups -OCH3 is 2. The number of hydrogen-bond donors (Lipinski definition) is 0. The van der Waals surface area contributed by atoms with Crippen LogP contribution < -0.4 is 9.64 Å². The molecule has 0 spiro atoms. The van der Waals surface area contributed by atoms with Gasteiger partial charge in [0.1, 0.15) is 18.2 Å². The Hall–Kier alpha value is -2.14. The third kappa shape index (κ3) is 4.69. The van der Waals surface area contributed by atoms with Crippen LogP contribution in [0.3, 0.4) is 0 Å². The first-order chi connectivity index (χ1) is 12.2. The van der Waals surface area contributed by atoms with Crippen LogP contribution in [0, 0.1) is 12.8 Å². The molecule has 1 fully saturated rings. The maximum absolute atomic E-state index is 5.33. The first kappa shape index (κ1) is 17.7. The summed E-state index contributed by atoms with van der Waals surface area (Å²) >= 11 is 0. The molecule has 0 unspecified atom stereocenters. The number of hydrogen-bond acceptors (Lipinski definition) is 5. The van der Waals surface area contributed by atoms with E-state index in [1.807, 2.05) is 13.0 Å². The van der Waals surface area contributed by atoms with Crippen LogP contribution >= 0.6 is 0 Å². The Kier molecular flexibility index (Phi) is 5.87. The molecule has 2 aromatic rings. The monoisotopic (exact) mass is 341 g/mol. The molecule has 5 heteroatoms. The Bertz CT molecular complexity index is 697. The van der Waals surface area contributed by atoms with Crippen LogP contribution in [0.1, 0.15) is 29.9 Å². The molecule has 0 radical (unpaired) electrons. The second kappa shape index (κ2) is 8.30. The van der Waals surface area contributed by atoms with Crippen molar-refractivity contribution in [3.05, 3.63) is 47.4 Å². The number of piperidine rings is 1. The van der Waals surface area contributed by atoms with Gasteiger partial charge in [0.15, 0.2) is 5.82 Å². The van der Waals surface area contributed by atoms with E-state index in [0.29, 0.717) is 12.5 Å². The van der Waals surface area contributed by atoms with E-state index in [-0.39, 0.29) is 0 Å². The molecule has 0 saturated carbocycles. The molecule has 1 aromatic heterocycles. The van der Waals surface area contributed by atoms with Crippen molar-refractivity contribution >= 4 is 5.82 Å². The summed E-state index contributed by atoms with van der Waals surface area (Å²) in [6.07, 6.45) is 3.47. The van der Waals surface area contributed by atoms with Crippen LogP contribution in [0.15, 0.2) is 30.3 Å². The summed E-state index contributed by atoms with van der Waals surface area (Å²) in [6.45, 7) is 4.55. The molecular formula is C20H27N3O2. The summed E-state index contributed by atoms with van der Waals surface area (Å²) in [5, 5.41) is 0. The second-order valence-electron chi connectivity index (χ2n) is 6.70. The number of aromatic nitrogens is 2. The van der Waals surface area contributed by atoms with E-state index in [2.05, 4.69) is 39.1 Å². The van der Waals surface area contributed by atoms with E-state index in [4.69, 9.17) is 9.47 Å². The lowest BCUT2D eigenvalue weighted by Gasteiger charge is -2.33. The Morgan fingerprint density at radius 1 is 1.12 bits per heavy atom. The number of rotatable bonds is 6. The predicted molar refractivity (Wildman–Crippen MR) is 99.1 cm³/mol. The Morgan fingerprint density at radius 3 is 2.64 bits per heavy atom. The lowest BCUT2D eigenvalue weighted by Crippen LogP contribution is -2.35. The highest BCUT2D eigenvalue weighted by Gasteiger charge is 2.21. The minimum Gasteiger partial charge on any atom is -0.497 e. The van der Waals surface area contributed by atoms with Gasteiger partial charge in [-0.3, -0.25) is 0 Å². The molecule has 25 heavy (non-hydrogen) atoms. The van der Waals surface area contributed by atoms with Crippen molar-refractivity contribution in [1.82, 2.24) is 9.97 Å². The molecule has 1 aromatic carbocycles. The third-order valence-corrected chi connectivity index (χ3v) is 4.76. The minimum absolute atomic E-state index is 0.459. The molecule has 0 aliphatic carbocycles. The standard InChI is InChI=1S/C20H27N3O2/c1-15-11-20(22-19(21-15)14-24-2)23-9-7-16(8-10-23)12-17-5-4-6-18(13-17)25-3/h4-6,11,13,16H,7-10,12,14H2,1-3H3. The second-order valence-corrected chi connectivity index (χ2v) is 6.70. The number of nitrogens with zero attached hydrogens (tertiary/aromatic N) is 3. The van der Waals surface area contributed by atoms with E-state index >= 15 is 0 Å². The zero-order valence-electron chi connectivity index (χ0n) is 15.4. The fraction of sp³-hybridized carbons (Fsp3) is 0.500. The zero-order valence-corrected chi connectivity index (χ0v) is 15.4. The van der Waals surface area contributed by atoms with Gasteiger partial charge in [-0.2, -0.15) is 0 Å². The quantitative estimate of drug-likeness (QED) is 0.806. The molecule has 2 heterocycles. The molecular weight excluding hydrogens is 314 g/mol. The summed E-state index contributed by atoms with van der Waals surface area (Å²) < 4.78 is 10.5. The first-order valence-corrected chi connectivity index (χ1v) is 8.89. The van der Waals surface area contributed by atoms with Gasteiger partial charge < -0.3 is 14.4 Å². The van der Waals surface area contributed by atoms with E-state index < -0.39 is 0 Å². The zero-order chi connectivity index (χ0) is 17.6. The fourth-order valence-corrected chi connectivity index (χ4v) is 3.47. The highest BCUT2D eigenvalue weighted by molar-refractivity contribution is 5.40. The molecule has 1 saturated heterocycles. The Labute approximate surface area is 150 Å². The van der Waals surface area contributed by atoms with Crippen LogP contribution in [0.4, 0.5) is 5.82 Å². The molecule has 0 bridgehead atoms. The van der Waals surface area contributed by atoms with Crippen LogP contribution in [-0.2, 0) is 17.8 Å². The molecule has 0 N–H and O–H groups in total. The molecule has 3 rings (SSSR count). The van der Waals surface area contributed by atoms with Gasteiger partial charge in [-0.1, -0.05) is 12.1 Å². The van der Waals surface area contributed by atoms with Crippen molar-refractivity contribution in [1.29, 1.82) is 0 Å². The van der Waals surface area contributed by atoms with Crippen molar-refractivity contribution in [2.45, 2.75) is 32.8 Å². The smallest absolute Gasteiger partial charge is 0.156 e. The van der Waals surface area contributed by atoms with Crippen molar-refractivity contribution in [2.24, 2.45) is 5.92 Å². The van der Waals surface area contributed by atoms with Gasteiger partial charge in [0.25, 0.3) is 0 Å². The van der Waals surface area contributed by atoms with Crippen molar-refractivity contribution < 1.29 is 9.47 Å². The van der Waals surface area contributed by atoms with Gasteiger partial charge in [-0.25, -0.2) is 9.97 Å². The normalized spacial score (nSPS) is 15.4. The molecule has 5 nitrogen and oxygen atoms in total. The highest BCUT2D eigenvalue weighted by Crippen LogP contribution is 2.26. The van der Waals surface area contributed by atoms with E-state index in [1.165, 1.54) is 18.4 Å².